The van der Waals surface area contributed by atoms with Crippen LogP contribution in [0.4, 0.5) is 0 Å². The summed E-state index contributed by atoms with van der Waals surface area (Å²) in [4.78, 5) is 6.51. The van der Waals surface area contributed by atoms with Crippen LogP contribution in [-0.4, -0.2) is 42.1 Å². The van der Waals surface area contributed by atoms with E-state index in [4.69, 9.17) is 0 Å². The fraction of sp³-hybridized carbons (Fsp3) is 0.688. The molecule has 0 amide bonds. The molecule has 1 atom stereocenters. The Morgan fingerprint density at radius 1 is 1.21 bits per heavy atom. The number of likely N-dealkylation sites (N-methyl/N-ethyl adjacent to an activating group) is 1. The highest BCUT2D eigenvalue weighted by atomic mass is 15.1. The van der Waals surface area contributed by atoms with E-state index < -0.39 is 0 Å². The lowest BCUT2D eigenvalue weighted by Gasteiger charge is -2.25. The molecule has 1 N–H and O–H groups in total. The number of pyridine rings is 1. The number of aromatic nitrogens is 1. The molecule has 0 aliphatic heterocycles. The minimum Gasteiger partial charge on any atom is -0.315 e. The molecule has 1 aromatic rings. The van der Waals surface area contributed by atoms with Gasteiger partial charge in [0.15, 0.2) is 0 Å². The first-order chi connectivity index (χ1) is 9.09. The normalized spacial score (nSPS) is 13.2. The first-order valence-corrected chi connectivity index (χ1v) is 7.42. The average molecular weight is 263 g/mol. The van der Waals surface area contributed by atoms with Gasteiger partial charge < -0.3 is 10.2 Å². The van der Waals surface area contributed by atoms with Crippen molar-refractivity contribution < 1.29 is 0 Å². The van der Waals surface area contributed by atoms with Crippen LogP contribution in [0.25, 0.3) is 0 Å². The summed E-state index contributed by atoms with van der Waals surface area (Å²) in [5.74, 6) is 0. The summed E-state index contributed by atoms with van der Waals surface area (Å²) in [6.07, 6.45) is 7.35. The van der Waals surface area contributed by atoms with E-state index in [1.165, 1.54) is 18.4 Å². The lowest BCUT2D eigenvalue weighted by Crippen LogP contribution is -2.32. The van der Waals surface area contributed by atoms with Crippen molar-refractivity contribution in [1.82, 2.24) is 15.2 Å². The molecule has 0 saturated heterocycles. The molecule has 0 spiro atoms. The van der Waals surface area contributed by atoms with Crippen LogP contribution in [0.5, 0.6) is 0 Å². The Morgan fingerprint density at radius 2 is 1.89 bits per heavy atom. The molecule has 0 aliphatic rings. The molecule has 3 nitrogen and oxygen atoms in total. The molecule has 3 heteroatoms. The van der Waals surface area contributed by atoms with Crippen LogP contribution in [0.2, 0.25) is 0 Å². The lowest BCUT2D eigenvalue weighted by atomic mass is 10.1. The fourth-order valence-corrected chi connectivity index (χ4v) is 2.08. The molecule has 19 heavy (non-hydrogen) atoms. The van der Waals surface area contributed by atoms with E-state index in [1.807, 2.05) is 12.4 Å². The number of hydrogen-bond acceptors (Lipinski definition) is 3. The minimum atomic E-state index is 0.597. The van der Waals surface area contributed by atoms with Crippen LogP contribution >= 0.6 is 0 Å². The van der Waals surface area contributed by atoms with Crippen LogP contribution in [0, 0.1) is 0 Å². The molecule has 1 heterocycles. The van der Waals surface area contributed by atoms with Crippen molar-refractivity contribution in [3.8, 4) is 0 Å². The maximum Gasteiger partial charge on any atom is 0.0270 e. The number of hydrogen-bond donors (Lipinski definition) is 1. The SMILES string of the molecule is CC(C)NCCCC(C)N(C)CCc1ccncc1. The molecule has 0 bridgehead atoms. The maximum absolute atomic E-state index is 4.05. The molecule has 1 aromatic heterocycles. The predicted octanol–water partition coefficient (Wildman–Crippen LogP) is 2.72. The summed E-state index contributed by atoms with van der Waals surface area (Å²) < 4.78 is 0. The van der Waals surface area contributed by atoms with Crippen LogP contribution in [-0.2, 0) is 6.42 Å². The van der Waals surface area contributed by atoms with Gasteiger partial charge in [-0.25, -0.2) is 0 Å². The van der Waals surface area contributed by atoms with Gasteiger partial charge in [-0.15, -0.1) is 0 Å². The Labute approximate surface area is 118 Å². The van der Waals surface area contributed by atoms with E-state index in [0.29, 0.717) is 12.1 Å². The predicted molar refractivity (Wildman–Crippen MR) is 82.4 cm³/mol. The molecule has 1 rings (SSSR count). The minimum absolute atomic E-state index is 0.597. The topological polar surface area (TPSA) is 28.2 Å². The largest absolute Gasteiger partial charge is 0.315 e. The second kappa shape index (κ2) is 9.05. The first-order valence-electron chi connectivity index (χ1n) is 7.42. The third-order valence-corrected chi connectivity index (χ3v) is 3.61. The van der Waals surface area contributed by atoms with E-state index in [-0.39, 0.29) is 0 Å². The van der Waals surface area contributed by atoms with E-state index in [9.17, 15) is 0 Å². The lowest BCUT2D eigenvalue weighted by molar-refractivity contribution is 0.244. The summed E-state index contributed by atoms with van der Waals surface area (Å²) in [7, 11) is 2.22. The third-order valence-electron chi connectivity index (χ3n) is 3.61. The van der Waals surface area contributed by atoms with Gasteiger partial charge in [0.1, 0.15) is 0 Å². The summed E-state index contributed by atoms with van der Waals surface area (Å²) in [5.41, 5.74) is 1.37. The van der Waals surface area contributed by atoms with Crippen molar-refractivity contribution in [2.24, 2.45) is 0 Å². The van der Waals surface area contributed by atoms with Gasteiger partial charge in [-0.1, -0.05) is 13.8 Å². The van der Waals surface area contributed by atoms with Crippen LogP contribution in [0.1, 0.15) is 39.2 Å². The van der Waals surface area contributed by atoms with Crippen molar-refractivity contribution in [3.05, 3.63) is 30.1 Å². The van der Waals surface area contributed by atoms with Crippen molar-refractivity contribution in [2.75, 3.05) is 20.1 Å². The Hall–Kier alpha value is -0.930. The molecule has 0 aliphatic carbocycles. The standard InChI is InChI=1S/C16H29N3/c1-14(2)18-10-5-6-15(3)19(4)13-9-16-7-11-17-12-8-16/h7-8,11-12,14-15,18H,5-6,9-10,13H2,1-4H3. The van der Waals surface area contributed by atoms with E-state index in [0.717, 1.165) is 19.5 Å². The fourth-order valence-electron chi connectivity index (χ4n) is 2.08. The summed E-state index contributed by atoms with van der Waals surface area (Å²) in [6.45, 7) is 8.96. The zero-order chi connectivity index (χ0) is 14.1. The van der Waals surface area contributed by atoms with E-state index in [1.54, 1.807) is 0 Å². The highest BCUT2D eigenvalue weighted by Gasteiger charge is 2.08. The van der Waals surface area contributed by atoms with Gasteiger partial charge in [-0.2, -0.15) is 0 Å². The second-order valence-electron chi connectivity index (χ2n) is 5.69. The zero-order valence-corrected chi connectivity index (χ0v) is 12.9. The maximum atomic E-state index is 4.05. The van der Waals surface area contributed by atoms with Gasteiger partial charge >= 0.3 is 0 Å². The molecule has 0 fully saturated rings. The van der Waals surface area contributed by atoms with Crippen molar-refractivity contribution >= 4 is 0 Å². The average Bonchev–Trinajstić information content (AvgIpc) is 2.41. The van der Waals surface area contributed by atoms with Crippen LogP contribution in [0.3, 0.4) is 0 Å². The highest BCUT2D eigenvalue weighted by Crippen LogP contribution is 2.06. The third kappa shape index (κ3) is 7.28. The van der Waals surface area contributed by atoms with Gasteiger partial charge in [0.2, 0.25) is 0 Å². The smallest absolute Gasteiger partial charge is 0.0270 e. The van der Waals surface area contributed by atoms with E-state index in [2.05, 4.69) is 55.2 Å². The van der Waals surface area contributed by atoms with Gasteiger partial charge in [0.05, 0.1) is 0 Å². The molecule has 108 valence electrons. The van der Waals surface area contributed by atoms with Gasteiger partial charge in [-0.05, 0) is 57.5 Å². The Balaban J connectivity index is 2.16. The highest BCUT2D eigenvalue weighted by molar-refractivity contribution is 5.09. The molecular weight excluding hydrogens is 234 g/mol. The Morgan fingerprint density at radius 3 is 2.53 bits per heavy atom. The van der Waals surface area contributed by atoms with Gasteiger partial charge in [-0.3, -0.25) is 4.98 Å². The molecule has 1 unspecified atom stereocenters. The summed E-state index contributed by atoms with van der Waals surface area (Å²) in [6, 6.07) is 5.45. The molecule has 0 radical (unpaired) electrons. The van der Waals surface area contributed by atoms with Gasteiger partial charge in [0, 0.05) is 31.0 Å². The van der Waals surface area contributed by atoms with Crippen molar-refractivity contribution in [2.45, 2.75) is 52.1 Å². The van der Waals surface area contributed by atoms with E-state index >= 15 is 0 Å². The van der Waals surface area contributed by atoms with Crippen LogP contribution in [0.15, 0.2) is 24.5 Å². The first kappa shape index (κ1) is 16.1. The van der Waals surface area contributed by atoms with Gasteiger partial charge in [0.25, 0.3) is 0 Å². The summed E-state index contributed by atoms with van der Waals surface area (Å²) in [5, 5.41) is 3.47. The molecule has 0 aromatic carbocycles. The Bertz CT molecular complexity index is 324. The zero-order valence-electron chi connectivity index (χ0n) is 12.9. The molecule has 0 saturated carbocycles. The van der Waals surface area contributed by atoms with Crippen LogP contribution < -0.4 is 5.32 Å². The molecular formula is C16H29N3. The number of rotatable bonds is 9. The Kier molecular flexibility index (Phi) is 7.68. The quantitative estimate of drug-likeness (QED) is 0.694. The monoisotopic (exact) mass is 263 g/mol. The number of nitrogens with zero attached hydrogens (tertiary/aromatic N) is 2. The van der Waals surface area contributed by atoms with Crippen molar-refractivity contribution in [3.63, 3.8) is 0 Å². The second-order valence-corrected chi connectivity index (χ2v) is 5.69. The number of nitrogens with one attached hydrogen (secondary N) is 1. The summed E-state index contributed by atoms with van der Waals surface area (Å²) >= 11 is 0. The van der Waals surface area contributed by atoms with Crippen molar-refractivity contribution in [1.29, 1.82) is 0 Å².